The van der Waals surface area contributed by atoms with Crippen LogP contribution in [0.25, 0.3) is 0 Å². The number of nitriles is 1. The van der Waals surface area contributed by atoms with E-state index in [1.807, 2.05) is 13.8 Å². The zero-order chi connectivity index (χ0) is 25.9. The summed E-state index contributed by atoms with van der Waals surface area (Å²) in [6.45, 7) is 8.71. The lowest BCUT2D eigenvalue weighted by Crippen LogP contribution is -2.31. The average molecular weight is 489 g/mol. The van der Waals surface area contributed by atoms with Crippen molar-refractivity contribution in [1.29, 1.82) is 5.26 Å². The highest BCUT2D eigenvalue weighted by atomic mass is 19.1. The Bertz CT molecular complexity index is 1330. The largest absolute Gasteiger partial charge is 0.350 e. The van der Waals surface area contributed by atoms with E-state index in [0.717, 1.165) is 24.1 Å². The standard InChI is InChI=1S/C26H29FN8O/c1-15(2)31-24(36)18-13-30-25(32-20-11-16-8-9-29-12-17(16)10-19(20)27)35-23(18)34-22-7-5-6-21(33-22)26(3,4)14-28/h5-7,10-11,13,15,29H,8-9,12H2,1-4H3,(H,31,36)(H2,30,32,33,34,35). The summed E-state index contributed by atoms with van der Waals surface area (Å²) in [6.07, 6.45) is 2.19. The summed E-state index contributed by atoms with van der Waals surface area (Å²) in [6, 6.07) is 10.7. The molecule has 4 N–H and O–H groups in total. The third kappa shape index (κ3) is 5.58. The van der Waals surface area contributed by atoms with Crippen molar-refractivity contribution in [2.75, 3.05) is 17.2 Å². The Hall–Kier alpha value is -4.10. The van der Waals surface area contributed by atoms with Gasteiger partial charge >= 0.3 is 0 Å². The number of amides is 1. The van der Waals surface area contributed by atoms with Crippen molar-refractivity contribution in [2.24, 2.45) is 0 Å². The molecular weight excluding hydrogens is 459 g/mol. The van der Waals surface area contributed by atoms with Crippen LogP contribution in [0.3, 0.4) is 0 Å². The third-order valence-corrected chi connectivity index (χ3v) is 5.79. The van der Waals surface area contributed by atoms with E-state index in [-0.39, 0.29) is 35.0 Å². The number of carbonyl (C=O) groups is 1. The molecule has 1 aromatic carbocycles. The number of nitrogens with zero attached hydrogens (tertiary/aromatic N) is 4. The van der Waals surface area contributed by atoms with Crippen LogP contribution in [0.4, 0.5) is 27.7 Å². The fourth-order valence-corrected chi connectivity index (χ4v) is 3.79. The number of halogens is 1. The Kier molecular flexibility index (Phi) is 7.12. The number of nitrogens with one attached hydrogen (secondary N) is 4. The van der Waals surface area contributed by atoms with Crippen LogP contribution >= 0.6 is 0 Å². The number of hydrogen-bond donors (Lipinski definition) is 4. The molecular formula is C26H29FN8O. The SMILES string of the molecule is CC(C)NC(=O)c1cnc(Nc2cc3c(cc2F)CNCC3)nc1Nc1cccc(C(C)(C)C#N)n1. The van der Waals surface area contributed by atoms with Crippen LogP contribution in [-0.2, 0) is 18.4 Å². The molecule has 0 spiro atoms. The molecule has 1 amide bonds. The first-order valence-electron chi connectivity index (χ1n) is 11.8. The Labute approximate surface area is 209 Å². The van der Waals surface area contributed by atoms with E-state index in [1.54, 1.807) is 38.1 Å². The first-order chi connectivity index (χ1) is 17.2. The van der Waals surface area contributed by atoms with Crippen LogP contribution < -0.4 is 21.3 Å². The summed E-state index contributed by atoms with van der Waals surface area (Å²) in [5, 5.41) is 21.6. The molecule has 2 aromatic heterocycles. The predicted molar refractivity (Wildman–Crippen MR) is 136 cm³/mol. The zero-order valence-corrected chi connectivity index (χ0v) is 20.7. The minimum atomic E-state index is -0.798. The first kappa shape index (κ1) is 25.0. The van der Waals surface area contributed by atoms with E-state index in [4.69, 9.17) is 0 Å². The number of fused-ring (bicyclic) bond motifs is 1. The molecule has 0 atom stereocenters. The van der Waals surface area contributed by atoms with Crippen molar-refractivity contribution in [3.8, 4) is 6.07 Å². The Morgan fingerprint density at radius 1 is 1.19 bits per heavy atom. The van der Waals surface area contributed by atoms with E-state index in [2.05, 4.69) is 42.3 Å². The second-order valence-corrected chi connectivity index (χ2v) is 9.51. The van der Waals surface area contributed by atoms with Gasteiger partial charge in [0.2, 0.25) is 5.95 Å². The number of pyridine rings is 1. The smallest absolute Gasteiger partial charge is 0.256 e. The zero-order valence-electron chi connectivity index (χ0n) is 20.7. The van der Waals surface area contributed by atoms with Gasteiger partial charge in [0.1, 0.15) is 23.0 Å². The Morgan fingerprint density at radius 2 is 2.00 bits per heavy atom. The van der Waals surface area contributed by atoms with Crippen LogP contribution in [0.1, 0.15) is 54.9 Å². The van der Waals surface area contributed by atoms with Crippen LogP contribution in [-0.4, -0.2) is 33.4 Å². The minimum Gasteiger partial charge on any atom is -0.350 e. The van der Waals surface area contributed by atoms with E-state index in [0.29, 0.717) is 18.1 Å². The van der Waals surface area contributed by atoms with Gasteiger partial charge in [0.15, 0.2) is 0 Å². The number of hydrogen-bond acceptors (Lipinski definition) is 8. The van der Waals surface area contributed by atoms with Crippen LogP contribution in [0.2, 0.25) is 0 Å². The van der Waals surface area contributed by atoms with Gasteiger partial charge in [-0.1, -0.05) is 6.07 Å². The van der Waals surface area contributed by atoms with Gasteiger partial charge < -0.3 is 21.3 Å². The highest BCUT2D eigenvalue weighted by molar-refractivity contribution is 5.99. The molecule has 0 radical (unpaired) electrons. The second-order valence-electron chi connectivity index (χ2n) is 9.51. The molecule has 0 fully saturated rings. The summed E-state index contributed by atoms with van der Waals surface area (Å²) in [4.78, 5) is 26.1. The number of anilines is 4. The molecule has 4 rings (SSSR count). The minimum absolute atomic E-state index is 0.0971. The summed E-state index contributed by atoms with van der Waals surface area (Å²) < 4.78 is 14.8. The van der Waals surface area contributed by atoms with Crippen LogP contribution in [0.15, 0.2) is 36.5 Å². The number of rotatable bonds is 7. The fourth-order valence-electron chi connectivity index (χ4n) is 3.79. The average Bonchev–Trinajstić information content (AvgIpc) is 2.84. The van der Waals surface area contributed by atoms with Gasteiger partial charge in [0.05, 0.1) is 22.9 Å². The van der Waals surface area contributed by atoms with Crippen LogP contribution in [0.5, 0.6) is 0 Å². The maximum absolute atomic E-state index is 14.8. The molecule has 3 heterocycles. The molecule has 3 aromatic rings. The van der Waals surface area contributed by atoms with Crippen molar-refractivity contribution in [3.05, 3.63) is 64.7 Å². The van der Waals surface area contributed by atoms with E-state index >= 15 is 0 Å². The quantitative estimate of drug-likeness (QED) is 0.392. The number of benzene rings is 1. The number of carbonyl (C=O) groups excluding carboxylic acids is 1. The highest BCUT2D eigenvalue weighted by Crippen LogP contribution is 2.27. The molecule has 9 nitrogen and oxygen atoms in total. The maximum Gasteiger partial charge on any atom is 0.256 e. The third-order valence-electron chi connectivity index (χ3n) is 5.79. The van der Waals surface area contributed by atoms with Crippen LogP contribution in [0, 0.1) is 17.1 Å². The molecule has 0 unspecified atom stereocenters. The molecule has 36 heavy (non-hydrogen) atoms. The Morgan fingerprint density at radius 3 is 2.75 bits per heavy atom. The molecule has 0 bridgehead atoms. The molecule has 1 aliphatic rings. The van der Waals surface area contributed by atoms with E-state index < -0.39 is 11.2 Å². The van der Waals surface area contributed by atoms with E-state index in [1.165, 1.54) is 12.3 Å². The van der Waals surface area contributed by atoms with Crippen molar-refractivity contribution in [1.82, 2.24) is 25.6 Å². The summed E-state index contributed by atoms with van der Waals surface area (Å²) >= 11 is 0. The van der Waals surface area contributed by atoms with Gasteiger partial charge in [-0.3, -0.25) is 4.79 Å². The highest BCUT2D eigenvalue weighted by Gasteiger charge is 2.23. The lowest BCUT2D eigenvalue weighted by atomic mass is 9.91. The molecule has 0 saturated heterocycles. The summed E-state index contributed by atoms with van der Waals surface area (Å²) in [7, 11) is 0. The monoisotopic (exact) mass is 488 g/mol. The first-order valence-corrected chi connectivity index (χ1v) is 11.8. The molecule has 186 valence electrons. The van der Waals surface area contributed by atoms with Gasteiger partial charge in [0.25, 0.3) is 5.91 Å². The van der Waals surface area contributed by atoms with Crippen molar-refractivity contribution < 1.29 is 9.18 Å². The molecule has 10 heteroatoms. The van der Waals surface area contributed by atoms with Gasteiger partial charge in [-0.25, -0.2) is 14.4 Å². The topological polar surface area (TPSA) is 128 Å². The van der Waals surface area contributed by atoms with Crippen molar-refractivity contribution in [2.45, 2.75) is 52.1 Å². The molecule has 1 aliphatic heterocycles. The Balaban J connectivity index is 1.69. The predicted octanol–water partition coefficient (Wildman–Crippen LogP) is 4.08. The lowest BCUT2D eigenvalue weighted by molar-refractivity contribution is 0.0943. The van der Waals surface area contributed by atoms with Crippen molar-refractivity contribution >= 4 is 29.2 Å². The van der Waals surface area contributed by atoms with Gasteiger partial charge in [-0.15, -0.1) is 0 Å². The molecule has 0 aliphatic carbocycles. The fraction of sp³-hybridized carbons (Fsp3) is 0.346. The van der Waals surface area contributed by atoms with E-state index in [9.17, 15) is 14.4 Å². The van der Waals surface area contributed by atoms with Crippen molar-refractivity contribution in [3.63, 3.8) is 0 Å². The summed E-state index contributed by atoms with van der Waals surface area (Å²) in [5.41, 5.74) is 2.23. The van der Waals surface area contributed by atoms with Gasteiger partial charge in [0, 0.05) is 18.8 Å². The molecule has 0 saturated carbocycles. The normalized spacial score (nSPS) is 13.0. The lowest BCUT2D eigenvalue weighted by Gasteiger charge is -2.19. The summed E-state index contributed by atoms with van der Waals surface area (Å²) in [5.74, 6) is -0.0376. The second kappa shape index (κ2) is 10.3. The van der Waals surface area contributed by atoms with Gasteiger partial charge in [-0.05, 0) is 76.1 Å². The van der Waals surface area contributed by atoms with Gasteiger partial charge in [-0.2, -0.15) is 10.2 Å². The number of aromatic nitrogens is 3. The maximum atomic E-state index is 14.8.